The van der Waals surface area contributed by atoms with Crippen LogP contribution in [0.1, 0.15) is 6.92 Å². The molecule has 0 amide bonds. The fourth-order valence-electron chi connectivity index (χ4n) is 1.00. The molecule has 0 aromatic carbocycles. The van der Waals surface area contributed by atoms with Crippen molar-refractivity contribution in [3.8, 4) is 0 Å². The highest BCUT2D eigenvalue weighted by Crippen LogP contribution is 2.31. The van der Waals surface area contributed by atoms with Gasteiger partial charge in [0.25, 0.3) is 0 Å². The predicted molar refractivity (Wildman–Crippen MR) is 47.0 cm³/mol. The highest BCUT2D eigenvalue weighted by Gasteiger charge is 2.37. The van der Waals surface area contributed by atoms with Crippen molar-refractivity contribution < 1.29 is 8.42 Å². The van der Waals surface area contributed by atoms with Crippen LogP contribution in [0.4, 0.5) is 0 Å². The van der Waals surface area contributed by atoms with Crippen LogP contribution >= 0.6 is 0 Å². The Bertz CT molecular complexity index is 319. The Labute approximate surface area is 67.9 Å². The highest BCUT2D eigenvalue weighted by atomic mass is 32.2. The molecule has 0 aromatic rings. The molecule has 1 aliphatic heterocycles. The number of rotatable bonds is 0. The van der Waals surface area contributed by atoms with Crippen LogP contribution in [0.25, 0.3) is 0 Å². The second-order valence-electron chi connectivity index (χ2n) is 2.65. The molecule has 0 aromatic heterocycles. The lowest BCUT2D eigenvalue weighted by Gasteiger charge is -2.11. The zero-order chi connectivity index (χ0) is 8.81. The van der Waals surface area contributed by atoms with Crippen molar-refractivity contribution in [3.05, 3.63) is 23.6 Å². The number of hydrogen-bond donors (Lipinski definition) is 0. The Balaban J connectivity index is 3.28. The Morgan fingerprint density at radius 2 is 2.00 bits per heavy atom. The van der Waals surface area contributed by atoms with E-state index in [-0.39, 0.29) is 10.9 Å². The van der Waals surface area contributed by atoms with Crippen molar-refractivity contribution in [2.75, 3.05) is 0 Å². The molecule has 1 fully saturated rings. The Morgan fingerprint density at radius 1 is 1.55 bits per heavy atom. The molecule has 3 nitrogen and oxygen atoms in total. The van der Waals surface area contributed by atoms with E-state index in [0.29, 0.717) is 5.57 Å². The van der Waals surface area contributed by atoms with Crippen molar-refractivity contribution in [1.29, 1.82) is 0 Å². The van der Waals surface area contributed by atoms with Crippen LogP contribution in [0.3, 0.4) is 0 Å². The third kappa shape index (κ3) is 0.955. The largest absolute Gasteiger partial charge is 0.240 e. The van der Waals surface area contributed by atoms with Crippen LogP contribution < -0.4 is 0 Å². The molecule has 60 valence electrons. The van der Waals surface area contributed by atoms with E-state index in [2.05, 4.69) is 13.2 Å². The summed E-state index contributed by atoms with van der Waals surface area (Å²) in [4.78, 5) is 0.146. The quantitative estimate of drug-likeness (QED) is 0.466. The molecule has 0 aliphatic carbocycles. The average molecular weight is 171 g/mol. The van der Waals surface area contributed by atoms with E-state index in [4.69, 9.17) is 0 Å². The van der Waals surface area contributed by atoms with Crippen molar-refractivity contribution in [2.24, 2.45) is 0 Å². The second-order valence-corrected chi connectivity index (χ2v) is 4.66. The minimum atomic E-state index is -3.26. The average Bonchev–Trinajstić information content (AvgIpc) is 2.06. The standard InChI is InChI=1S/C6H10BNO2S/c1-4-5(2)8(7)11(9,10)6(4)3/h5H,1,3,7H2,2H3. The molecule has 5 heteroatoms. The molecule has 1 aliphatic rings. The number of hydrogen-bond acceptors (Lipinski definition) is 2. The van der Waals surface area contributed by atoms with Crippen LogP contribution in [0.5, 0.6) is 0 Å². The molecule has 1 unspecified atom stereocenters. The minimum absolute atomic E-state index is 0.146. The molecule has 1 saturated heterocycles. The third-order valence-corrected chi connectivity index (χ3v) is 4.06. The second kappa shape index (κ2) is 2.22. The SMILES string of the molecule is BN1C(C)C(=C)C(=C)S1(=O)=O. The fourth-order valence-corrected chi connectivity index (χ4v) is 2.39. The van der Waals surface area contributed by atoms with Crippen LogP contribution in [0.2, 0.25) is 0 Å². The first-order valence-electron chi connectivity index (χ1n) is 3.25. The molecule has 0 spiro atoms. The van der Waals surface area contributed by atoms with Gasteiger partial charge < -0.3 is 0 Å². The molecule has 0 radical (unpaired) electrons. The summed E-state index contributed by atoms with van der Waals surface area (Å²) in [5, 5.41) is 0. The van der Waals surface area contributed by atoms with E-state index in [1.54, 1.807) is 6.92 Å². The normalized spacial score (nSPS) is 31.2. The Hall–Kier alpha value is -0.545. The van der Waals surface area contributed by atoms with Gasteiger partial charge in [-0.3, -0.25) is 0 Å². The maximum absolute atomic E-state index is 11.3. The maximum Gasteiger partial charge on any atom is 0.232 e. The lowest BCUT2D eigenvalue weighted by atomic mass is 10.1. The van der Waals surface area contributed by atoms with Crippen LogP contribution in [-0.4, -0.2) is 26.7 Å². The maximum atomic E-state index is 11.3. The van der Waals surface area contributed by atoms with Gasteiger partial charge in [-0.2, -0.15) is 0 Å². The molecule has 0 saturated carbocycles. The van der Waals surface area contributed by atoms with Crippen molar-refractivity contribution >= 4 is 18.0 Å². The van der Waals surface area contributed by atoms with Gasteiger partial charge in [0.1, 0.15) is 0 Å². The summed E-state index contributed by atoms with van der Waals surface area (Å²) in [6, 6.07) is -0.146. The van der Waals surface area contributed by atoms with Crippen LogP contribution in [0, 0.1) is 0 Å². The number of sulfonamides is 1. The first-order valence-corrected chi connectivity index (χ1v) is 4.69. The summed E-state index contributed by atoms with van der Waals surface area (Å²) in [7, 11) is -1.73. The monoisotopic (exact) mass is 171 g/mol. The summed E-state index contributed by atoms with van der Waals surface area (Å²) < 4.78 is 23.8. The van der Waals surface area contributed by atoms with E-state index >= 15 is 0 Å². The molecule has 1 rings (SSSR count). The molecule has 1 atom stereocenters. The van der Waals surface area contributed by atoms with Crippen LogP contribution in [0.15, 0.2) is 23.6 Å². The zero-order valence-electron chi connectivity index (χ0n) is 6.66. The Kier molecular flexibility index (Phi) is 1.72. The summed E-state index contributed by atoms with van der Waals surface area (Å²) in [6.07, 6.45) is 0. The Morgan fingerprint density at radius 3 is 2.09 bits per heavy atom. The molecular formula is C6H10BNO2S. The van der Waals surface area contributed by atoms with Gasteiger partial charge in [0, 0.05) is 6.04 Å². The summed E-state index contributed by atoms with van der Waals surface area (Å²) in [5.41, 5.74) is 0.590. The zero-order valence-corrected chi connectivity index (χ0v) is 7.48. The van der Waals surface area contributed by atoms with Gasteiger partial charge in [0.15, 0.2) is 0 Å². The van der Waals surface area contributed by atoms with Crippen LogP contribution in [-0.2, 0) is 10.0 Å². The van der Waals surface area contributed by atoms with E-state index < -0.39 is 10.0 Å². The van der Waals surface area contributed by atoms with Gasteiger partial charge in [0.05, 0.1) is 4.91 Å². The minimum Gasteiger partial charge on any atom is -0.240 e. The third-order valence-electron chi connectivity index (χ3n) is 2.10. The summed E-state index contributed by atoms with van der Waals surface area (Å²) >= 11 is 0. The lowest BCUT2D eigenvalue weighted by molar-refractivity contribution is 0.534. The molecule has 1 heterocycles. The first-order chi connectivity index (χ1) is 4.89. The number of nitrogens with zero attached hydrogens (tertiary/aromatic N) is 1. The van der Waals surface area contributed by atoms with E-state index in [1.807, 2.05) is 0 Å². The molecule has 0 N–H and O–H groups in total. The van der Waals surface area contributed by atoms with E-state index in [0.717, 1.165) is 0 Å². The molecule has 11 heavy (non-hydrogen) atoms. The van der Waals surface area contributed by atoms with Gasteiger partial charge in [-0.25, -0.2) is 12.6 Å². The summed E-state index contributed by atoms with van der Waals surface area (Å²) in [5.74, 6) is 0. The smallest absolute Gasteiger partial charge is 0.232 e. The van der Waals surface area contributed by atoms with Gasteiger partial charge in [-0.15, -0.1) is 0 Å². The summed E-state index contributed by atoms with van der Waals surface area (Å²) in [6.45, 7) is 8.89. The van der Waals surface area contributed by atoms with Crippen molar-refractivity contribution in [1.82, 2.24) is 4.22 Å². The predicted octanol–water partition coefficient (Wildman–Crippen LogP) is -0.362. The molecule has 0 bridgehead atoms. The first kappa shape index (κ1) is 8.55. The highest BCUT2D eigenvalue weighted by molar-refractivity contribution is 7.94. The van der Waals surface area contributed by atoms with Crippen molar-refractivity contribution in [2.45, 2.75) is 13.0 Å². The van der Waals surface area contributed by atoms with Crippen molar-refractivity contribution in [3.63, 3.8) is 0 Å². The van der Waals surface area contributed by atoms with Gasteiger partial charge in [0.2, 0.25) is 18.0 Å². The van der Waals surface area contributed by atoms with Gasteiger partial charge >= 0.3 is 0 Å². The molecular weight excluding hydrogens is 161 g/mol. The van der Waals surface area contributed by atoms with Gasteiger partial charge in [-0.1, -0.05) is 13.2 Å². The van der Waals surface area contributed by atoms with E-state index in [1.165, 1.54) is 12.2 Å². The fraction of sp³-hybridized carbons (Fsp3) is 0.333. The lowest BCUT2D eigenvalue weighted by Crippen LogP contribution is -2.28. The topological polar surface area (TPSA) is 37.4 Å². The van der Waals surface area contributed by atoms with E-state index in [9.17, 15) is 8.42 Å². The van der Waals surface area contributed by atoms with Gasteiger partial charge in [-0.05, 0) is 12.5 Å².